The van der Waals surface area contributed by atoms with Gasteiger partial charge in [-0.25, -0.2) is 9.50 Å². The van der Waals surface area contributed by atoms with Gasteiger partial charge in [0.1, 0.15) is 5.75 Å². The number of methoxy groups -OCH3 is 1. The molecule has 3 rings (SSSR count). The van der Waals surface area contributed by atoms with E-state index in [0.29, 0.717) is 0 Å². The molecule has 0 radical (unpaired) electrons. The van der Waals surface area contributed by atoms with Gasteiger partial charge in [-0.2, -0.15) is 5.10 Å². The Morgan fingerprint density at radius 2 is 2.21 bits per heavy atom. The molecular formula is C17H21N5OS. The summed E-state index contributed by atoms with van der Waals surface area (Å²) in [5, 5.41) is 8.49. The zero-order valence-corrected chi connectivity index (χ0v) is 14.9. The van der Waals surface area contributed by atoms with Crippen LogP contribution >= 0.6 is 11.8 Å². The predicted molar refractivity (Wildman–Crippen MR) is 96.8 cm³/mol. The van der Waals surface area contributed by atoms with E-state index >= 15 is 0 Å². The summed E-state index contributed by atoms with van der Waals surface area (Å²) in [6.45, 7) is 3.96. The molecule has 3 aromatic rings. The lowest BCUT2D eigenvalue weighted by Gasteiger charge is -2.11. The van der Waals surface area contributed by atoms with E-state index in [1.54, 1.807) is 31.3 Å². The van der Waals surface area contributed by atoms with Gasteiger partial charge in [-0.05, 0) is 31.0 Å². The van der Waals surface area contributed by atoms with Crippen molar-refractivity contribution in [3.8, 4) is 17.0 Å². The van der Waals surface area contributed by atoms with E-state index in [1.165, 1.54) is 0 Å². The maximum Gasteiger partial charge on any atom is 0.189 e. The summed E-state index contributed by atoms with van der Waals surface area (Å²) < 4.78 is 7.34. The van der Waals surface area contributed by atoms with Crippen LogP contribution in [0.4, 0.5) is 0 Å². The molecule has 0 amide bonds. The van der Waals surface area contributed by atoms with Crippen molar-refractivity contribution in [3.63, 3.8) is 0 Å². The summed E-state index contributed by atoms with van der Waals surface area (Å²) in [7, 11) is 1.66. The average Bonchev–Trinajstić information content (AvgIpc) is 3.09. The van der Waals surface area contributed by atoms with Crippen LogP contribution in [0.15, 0.2) is 35.7 Å². The second-order valence-corrected chi connectivity index (χ2v) is 6.05. The molecule has 3 heterocycles. The van der Waals surface area contributed by atoms with Crippen molar-refractivity contribution < 1.29 is 4.74 Å². The van der Waals surface area contributed by atoms with Crippen molar-refractivity contribution in [2.24, 2.45) is 0 Å². The molecule has 0 aliphatic rings. The molecule has 0 spiro atoms. The normalized spacial score (nSPS) is 11.1. The van der Waals surface area contributed by atoms with Gasteiger partial charge in [-0.3, -0.25) is 4.98 Å². The van der Waals surface area contributed by atoms with Crippen LogP contribution in [0.2, 0.25) is 0 Å². The van der Waals surface area contributed by atoms with Crippen molar-refractivity contribution in [1.29, 1.82) is 0 Å². The van der Waals surface area contributed by atoms with Crippen LogP contribution in [0.5, 0.6) is 5.75 Å². The molecule has 0 unspecified atom stereocenters. The molecule has 0 aliphatic carbocycles. The summed E-state index contributed by atoms with van der Waals surface area (Å²) in [5.41, 5.74) is 3.86. The number of rotatable bonds is 7. The number of ether oxygens (including phenoxy) is 1. The Morgan fingerprint density at radius 1 is 1.33 bits per heavy atom. The van der Waals surface area contributed by atoms with Gasteiger partial charge in [-0.1, -0.05) is 18.7 Å². The van der Waals surface area contributed by atoms with E-state index in [9.17, 15) is 0 Å². The lowest BCUT2D eigenvalue weighted by molar-refractivity contribution is 0.414. The lowest BCUT2D eigenvalue weighted by Crippen LogP contribution is -2.16. The van der Waals surface area contributed by atoms with Gasteiger partial charge in [0.25, 0.3) is 0 Å². The first-order chi connectivity index (χ1) is 11.8. The molecule has 0 atom stereocenters. The minimum absolute atomic E-state index is 0.727. The maximum atomic E-state index is 5.50. The molecule has 3 aromatic heterocycles. The molecule has 0 saturated carbocycles. The minimum atomic E-state index is 0.727. The van der Waals surface area contributed by atoms with Gasteiger partial charge in [0.05, 0.1) is 30.7 Å². The first-order valence-electron chi connectivity index (χ1n) is 7.89. The third-order valence-electron chi connectivity index (χ3n) is 3.76. The highest BCUT2D eigenvalue weighted by Crippen LogP contribution is 2.31. The molecule has 0 aromatic carbocycles. The number of aromatic nitrogens is 4. The van der Waals surface area contributed by atoms with E-state index in [2.05, 4.69) is 28.4 Å². The SMILES string of the molecule is CCNCCc1cc(-c2cc3ccnn3c(SC)n2)c(OC)cn1. The van der Waals surface area contributed by atoms with Crippen LogP contribution in [0.3, 0.4) is 0 Å². The third-order valence-corrected chi connectivity index (χ3v) is 4.39. The summed E-state index contributed by atoms with van der Waals surface area (Å²) in [4.78, 5) is 9.23. The van der Waals surface area contributed by atoms with Crippen molar-refractivity contribution in [2.45, 2.75) is 18.5 Å². The standard InChI is InChI=1S/C17H21N5OS/c1-4-18-7-5-12-9-14(16(23-2)11-19-12)15-10-13-6-8-20-22(13)17(21-15)24-3/h6,8-11,18H,4-5,7H2,1-3H3. The fourth-order valence-electron chi connectivity index (χ4n) is 2.55. The number of pyridine rings is 1. The minimum Gasteiger partial charge on any atom is -0.494 e. The Bertz CT molecular complexity index is 833. The smallest absolute Gasteiger partial charge is 0.189 e. The number of fused-ring (bicyclic) bond motifs is 1. The van der Waals surface area contributed by atoms with Crippen molar-refractivity contribution >= 4 is 17.3 Å². The number of thioether (sulfide) groups is 1. The molecular weight excluding hydrogens is 322 g/mol. The summed E-state index contributed by atoms with van der Waals surface area (Å²) >= 11 is 1.57. The summed E-state index contributed by atoms with van der Waals surface area (Å²) in [5.74, 6) is 0.727. The van der Waals surface area contributed by atoms with Crippen molar-refractivity contribution in [3.05, 3.63) is 36.3 Å². The maximum absolute atomic E-state index is 5.50. The highest BCUT2D eigenvalue weighted by molar-refractivity contribution is 7.98. The second kappa shape index (κ2) is 7.63. The van der Waals surface area contributed by atoms with Crippen molar-refractivity contribution in [2.75, 3.05) is 26.5 Å². The van der Waals surface area contributed by atoms with Crippen molar-refractivity contribution in [1.82, 2.24) is 24.9 Å². The van der Waals surface area contributed by atoms with E-state index < -0.39 is 0 Å². The Hall–Kier alpha value is -2.12. The quantitative estimate of drug-likeness (QED) is 0.404. The fourth-order valence-corrected chi connectivity index (χ4v) is 3.07. The highest BCUT2D eigenvalue weighted by atomic mass is 32.2. The Kier molecular flexibility index (Phi) is 5.32. The Morgan fingerprint density at radius 3 is 2.96 bits per heavy atom. The van der Waals surface area contributed by atoms with Gasteiger partial charge in [-0.15, -0.1) is 0 Å². The van der Waals surface area contributed by atoms with Crippen LogP contribution in [-0.4, -0.2) is 46.0 Å². The highest BCUT2D eigenvalue weighted by Gasteiger charge is 2.13. The van der Waals surface area contributed by atoms with Crippen LogP contribution < -0.4 is 10.1 Å². The van der Waals surface area contributed by atoms with E-state index in [1.807, 2.05) is 22.9 Å². The average molecular weight is 343 g/mol. The number of nitrogens with zero attached hydrogens (tertiary/aromatic N) is 4. The third kappa shape index (κ3) is 3.37. The van der Waals surface area contributed by atoms with Crippen LogP contribution in [-0.2, 0) is 6.42 Å². The van der Waals surface area contributed by atoms with Gasteiger partial charge < -0.3 is 10.1 Å². The molecule has 0 saturated heterocycles. The molecule has 0 bridgehead atoms. The Balaban J connectivity index is 2.04. The molecule has 0 fully saturated rings. The monoisotopic (exact) mass is 343 g/mol. The van der Waals surface area contributed by atoms with Gasteiger partial charge in [0.2, 0.25) is 0 Å². The lowest BCUT2D eigenvalue weighted by atomic mass is 10.1. The largest absolute Gasteiger partial charge is 0.494 e. The summed E-state index contributed by atoms with van der Waals surface area (Å²) in [6.07, 6.45) is 6.43. The van der Waals surface area contributed by atoms with Gasteiger partial charge >= 0.3 is 0 Å². The fraction of sp³-hybridized carbons (Fsp3) is 0.353. The molecule has 0 aliphatic heterocycles. The zero-order chi connectivity index (χ0) is 16.9. The molecule has 6 nitrogen and oxygen atoms in total. The van der Waals surface area contributed by atoms with E-state index in [-0.39, 0.29) is 0 Å². The summed E-state index contributed by atoms with van der Waals surface area (Å²) in [6, 6.07) is 6.07. The zero-order valence-electron chi connectivity index (χ0n) is 14.1. The first kappa shape index (κ1) is 16.7. The van der Waals surface area contributed by atoms with E-state index in [0.717, 1.165) is 52.9 Å². The van der Waals surface area contributed by atoms with Crippen LogP contribution in [0, 0.1) is 0 Å². The van der Waals surface area contributed by atoms with Gasteiger partial charge in [0, 0.05) is 24.2 Å². The molecule has 126 valence electrons. The number of hydrogen-bond donors (Lipinski definition) is 1. The Labute approximate surface area is 145 Å². The van der Waals surface area contributed by atoms with E-state index in [4.69, 9.17) is 9.72 Å². The van der Waals surface area contributed by atoms with Gasteiger partial charge in [0.15, 0.2) is 5.16 Å². The number of hydrogen-bond acceptors (Lipinski definition) is 6. The molecule has 24 heavy (non-hydrogen) atoms. The first-order valence-corrected chi connectivity index (χ1v) is 9.12. The van der Waals surface area contributed by atoms with Crippen LogP contribution in [0.25, 0.3) is 16.8 Å². The predicted octanol–water partition coefficient (Wildman–Crippen LogP) is 2.67. The van der Waals surface area contributed by atoms with Crippen LogP contribution in [0.1, 0.15) is 12.6 Å². The second-order valence-electron chi connectivity index (χ2n) is 5.28. The number of nitrogens with one attached hydrogen (secondary N) is 1. The molecule has 1 N–H and O–H groups in total. The number of likely N-dealkylation sites (N-methyl/N-ethyl adjacent to an activating group) is 1. The molecule has 7 heteroatoms. The topological polar surface area (TPSA) is 64.3 Å².